The molecule has 0 aliphatic rings. The number of aryl methyl sites for hydroxylation is 1. The molecular formula is C19H18ClN3O2S. The van der Waals surface area contributed by atoms with E-state index in [2.05, 4.69) is 10.3 Å². The number of thioether (sulfide) groups is 1. The molecule has 0 atom stereocenters. The molecule has 1 N–H and O–H groups in total. The molecule has 1 heterocycles. The lowest BCUT2D eigenvalue weighted by Gasteiger charge is -2.12. The average molecular weight is 388 g/mol. The Labute approximate surface area is 161 Å². The molecule has 26 heavy (non-hydrogen) atoms. The molecule has 3 rings (SSSR count). The molecule has 3 aromatic rings. The molecule has 134 valence electrons. The first-order chi connectivity index (χ1) is 12.6. The third-order valence-electron chi connectivity index (χ3n) is 3.66. The highest BCUT2D eigenvalue weighted by atomic mass is 35.5. The third-order valence-corrected chi connectivity index (χ3v) is 4.88. The summed E-state index contributed by atoms with van der Waals surface area (Å²) in [6.07, 6.45) is 3.57. The van der Waals surface area contributed by atoms with Gasteiger partial charge in [0.1, 0.15) is 5.75 Å². The molecule has 7 heteroatoms. The number of benzene rings is 2. The Morgan fingerprint density at radius 2 is 2.04 bits per heavy atom. The predicted molar refractivity (Wildman–Crippen MR) is 106 cm³/mol. The van der Waals surface area contributed by atoms with Crippen LogP contribution in [-0.2, 0) is 4.79 Å². The average Bonchev–Trinajstić information content (AvgIpc) is 3.10. The summed E-state index contributed by atoms with van der Waals surface area (Å²) >= 11 is 7.21. The first kappa shape index (κ1) is 18.4. The lowest BCUT2D eigenvalue weighted by Crippen LogP contribution is -2.14. The molecule has 5 nitrogen and oxygen atoms in total. The van der Waals surface area contributed by atoms with Crippen LogP contribution in [0.1, 0.15) is 5.56 Å². The van der Waals surface area contributed by atoms with Gasteiger partial charge in [0.25, 0.3) is 0 Å². The van der Waals surface area contributed by atoms with E-state index in [9.17, 15) is 4.79 Å². The van der Waals surface area contributed by atoms with E-state index in [-0.39, 0.29) is 11.7 Å². The highest BCUT2D eigenvalue weighted by Crippen LogP contribution is 2.28. The fourth-order valence-electron chi connectivity index (χ4n) is 2.43. The maximum Gasteiger partial charge on any atom is 0.234 e. The molecule has 0 aliphatic carbocycles. The van der Waals surface area contributed by atoms with Crippen LogP contribution < -0.4 is 10.1 Å². The zero-order valence-electron chi connectivity index (χ0n) is 14.4. The normalized spacial score (nSPS) is 10.6. The number of rotatable bonds is 6. The predicted octanol–water partition coefficient (Wildman–Crippen LogP) is 4.57. The van der Waals surface area contributed by atoms with Gasteiger partial charge in [-0.3, -0.25) is 9.36 Å². The molecule has 0 saturated carbocycles. The number of anilines is 1. The number of aromatic nitrogens is 2. The fraction of sp³-hybridized carbons (Fsp3) is 0.158. The number of halogens is 1. The quantitative estimate of drug-likeness (QED) is 0.629. The largest absolute Gasteiger partial charge is 0.495 e. The van der Waals surface area contributed by atoms with Crippen LogP contribution in [0, 0.1) is 6.92 Å². The van der Waals surface area contributed by atoms with Crippen LogP contribution in [0.3, 0.4) is 0 Å². The van der Waals surface area contributed by atoms with E-state index < -0.39 is 0 Å². The molecule has 0 radical (unpaired) electrons. The zero-order valence-corrected chi connectivity index (χ0v) is 16.0. The molecular weight excluding hydrogens is 370 g/mol. The Hall–Kier alpha value is -2.44. The second-order valence-electron chi connectivity index (χ2n) is 5.60. The Morgan fingerprint density at radius 3 is 2.77 bits per heavy atom. The van der Waals surface area contributed by atoms with Gasteiger partial charge in [-0.05, 0) is 48.9 Å². The van der Waals surface area contributed by atoms with E-state index in [0.29, 0.717) is 10.7 Å². The zero-order chi connectivity index (χ0) is 18.5. The monoisotopic (exact) mass is 387 g/mol. The van der Waals surface area contributed by atoms with Gasteiger partial charge in [-0.15, -0.1) is 0 Å². The van der Waals surface area contributed by atoms with Crippen molar-refractivity contribution >= 4 is 35.0 Å². The van der Waals surface area contributed by atoms with Crippen molar-refractivity contribution in [1.29, 1.82) is 0 Å². The maximum atomic E-state index is 12.2. The van der Waals surface area contributed by atoms with Crippen LogP contribution in [-0.4, -0.2) is 28.3 Å². The molecule has 0 saturated heterocycles. The van der Waals surface area contributed by atoms with E-state index in [4.69, 9.17) is 16.3 Å². The highest BCUT2D eigenvalue weighted by Gasteiger charge is 2.13. The fourth-order valence-corrected chi connectivity index (χ4v) is 3.32. The summed E-state index contributed by atoms with van der Waals surface area (Å²) in [5.41, 5.74) is 2.72. The Balaban J connectivity index is 1.70. The number of nitrogens with zero attached hydrogens (tertiary/aromatic N) is 2. The van der Waals surface area contributed by atoms with Crippen molar-refractivity contribution in [3.63, 3.8) is 0 Å². The number of methoxy groups -OCH3 is 1. The first-order valence-electron chi connectivity index (χ1n) is 7.93. The van der Waals surface area contributed by atoms with E-state index in [1.165, 1.54) is 11.8 Å². The number of imidazole rings is 1. The van der Waals surface area contributed by atoms with Crippen LogP contribution in [0.15, 0.2) is 60.0 Å². The number of nitrogens with one attached hydrogen (secondary N) is 1. The van der Waals surface area contributed by atoms with Crippen LogP contribution >= 0.6 is 23.4 Å². The van der Waals surface area contributed by atoms with Gasteiger partial charge in [-0.1, -0.05) is 29.4 Å². The summed E-state index contributed by atoms with van der Waals surface area (Å²) in [4.78, 5) is 16.6. The molecule has 0 spiro atoms. The standard InChI is InChI=1S/C19H18ClN3O2S/c1-13-3-8-17(25-2)16(11-13)23-10-9-21-19(23)26-12-18(24)22-15-6-4-14(20)5-7-15/h3-11H,12H2,1-2H3,(H,22,24). The Bertz CT molecular complexity index is 909. The van der Waals surface area contributed by atoms with Gasteiger partial charge in [-0.2, -0.15) is 0 Å². The van der Waals surface area contributed by atoms with Crippen molar-refractivity contribution in [3.8, 4) is 11.4 Å². The van der Waals surface area contributed by atoms with E-state index in [1.807, 2.05) is 35.9 Å². The minimum atomic E-state index is -0.108. The SMILES string of the molecule is COc1ccc(C)cc1-n1ccnc1SCC(=O)Nc1ccc(Cl)cc1. The van der Waals surface area contributed by atoms with E-state index in [0.717, 1.165) is 22.2 Å². The van der Waals surface area contributed by atoms with Gasteiger partial charge < -0.3 is 10.1 Å². The number of carbonyl (C=O) groups is 1. The van der Waals surface area contributed by atoms with Crippen LogP contribution in [0.5, 0.6) is 5.75 Å². The number of hydrogen-bond donors (Lipinski definition) is 1. The molecule has 0 aliphatic heterocycles. The van der Waals surface area contributed by atoms with Crippen molar-refractivity contribution in [1.82, 2.24) is 9.55 Å². The molecule has 1 amide bonds. The van der Waals surface area contributed by atoms with Gasteiger partial charge in [0.15, 0.2) is 5.16 Å². The summed E-state index contributed by atoms with van der Waals surface area (Å²) in [5, 5.41) is 4.20. The van der Waals surface area contributed by atoms with Crippen LogP contribution in [0.4, 0.5) is 5.69 Å². The summed E-state index contributed by atoms with van der Waals surface area (Å²) in [6.45, 7) is 2.02. The van der Waals surface area contributed by atoms with Crippen molar-refractivity contribution in [3.05, 3.63) is 65.4 Å². The van der Waals surface area contributed by atoms with Gasteiger partial charge in [0.2, 0.25) is 5.91 Å². The molecule has 0 fully saturated rings. The van der Waals surface area contributed by atoms with Crippen molar-refractivity contribution < 1.29 is 9.53 Å². The summed E-state index contributed by atoms with van der Waals surface area (Å²) in [7, 11) is 1.64. The van der Waals surface area contributed by atoms with Crippen molar-refractivity contribution in [2.45, 2.75) is 12.1 Å². The van der Waals surface area contributed by atoms with Crippen LogP contribution in [0.2, 0.25) is 5.02 Å². The maximum absolute atomic E-state index is 12.2. The summed E-state index contributed by atoms with van der Waals surface area (Å²) in [6, 6.07) is 12.9. The Morgan fingerprint density at radius 1 is 1.27 bits per heavy atom. The number of ether oxygens (including phenoxy) is 1. The van der Waals surface area contributed by atoms with E-state index in [1.54, 1.807) is 37.6 Å². The minimum Gasteiger partial charge on any atom is -0.495 e. The first-order valence-corrected chi connectivity index (χ1v) is 9.30. The lowest BCUT2D eigenvalue weighted by atomic mass is 10.2. The lowest BCUT2D eigenvalue weighted by molar-refractivity contribution is -0.113. The molecule has 0 bridgehead atoms. The number of amides is 1. The highest BCUT2D eigenvalue weighted by molar-refractivity contribution is 7.99. The van der Waals surface area contributed by atoms with Gasteiger partial charge in [0.05, 0.1) is 18.6 Å². The molecule has 0 unspecified atom stereocenters. The molecule has 1 aromatic heterocycles. The van der Waals surface area contributed by atoms with Gasteiger partial charge in [-0.25, -0.2) is 4.98 Å². The smallest absolute Gasteiger partial charge is 0.234 e. The minimum absolute atomic E-state index is 0.108. The van der Waals surface area contributed by atoms with Crippen LogP contribution in [0.25, 0.3) is 5.69 Å². The summed E-state index contributed by atoms with van der Waals surface area (Å²) in [5.74, 6) is 0.887. The second kappa shape index (κ2) is 8.29. The number of carbonyl (C=O) groups excluding carboxylic acids is 1. The molecule has 2 aromatic carbocycles. The Kier molecular flexibility index (Phi) is 5.85. The third kappa shape index (κ3) is 4.39. The summed E-state index contributed by atoms with van der Waals surface area (Å²) < 4.78 is 7.37. The van der Waals surface area contributed by atoms with Crippen molar-refractivity contribution in [2.24, 2.45) is 0 Å². The second-order valence-corrected chi connectivity index (χ2v) is 6.98. The number of hydrogen-bond acceptors (Lipinski definition) is 4. The van der Waals surface area contributed by atoms with Gasteiger partial charge in [0, 0.05) is 23.1 Å². The van der Waals surface area contributed by atoms with Crippen molar-refractivity contribution in [2.75, 3.05) is 18.2 Å². The van der Waals surface area contributed by atoms with E-state index >= 15 is 0 Å². The topological polar surface area (TPSA) is 56.2 Å². The van der Waals surface area contributed by atoms with Gasteiger partial charge >= 0.3 is 0 Å².